The molecule has 2 atom stereocenters. The Morgan fingerprint density at radius 2 is 2.38 bits per heavy atom. The van der Waals surface area contributed by atoms with Gasteiger partial charge in [-0.25, -0.2) is 0 Å². The first-order valence-corrected chi connectivity index (χ1v) is 3.16. The van der Waals surface area contributed by atoms with Gasteiger partial charge in [0, 0.05) is 12.8 Å². The van der Waals surface area contributed by atoms with E-state index >= 15 is 0 Å². The molecular formula is C6H14NO+. The highest BCUT2D eigenvalue weighted by atomic mass is 16.3. The Morgan fingerprint density at radius 3 is 2.50 bits per heavy atom. The normalized spacial score (nSPS) is 47.6. The van der Waals surface area contributed by atoms with Crippen LogP contribution < -0.4 is 5.73 Å². The predicted molar refractivity (Wildman–Crippen MR) is 31.2 cm³/mol. The Kier molecular flexibility index (Phi) is 1.29. The van der Waals surface area contributed by atoms with Gasteiger partial charge in [0.2, 0.25) is 0 Å². The van der Waals surface area contributed by atoms with E-state index in [2.05, 4.69) is 5.73 Å². The molecule has 0 aromatic heterocycles. The number of hydrogen-bond acceptors (Lipinski definition) is 1. The van der Waals surface area contributed by atoms with Gasteiger partial charge in [0.15, 0.2) is 0 Å². The van der Waals surface area contributed by atoms with Gasteiger partial charge in [-0.15, -0.1) is 0 Å². The second-order valence-electron chi connectivity index (χ2n) is 3.11. The average molecular weight is 116 g/mol. The lowest BCUT2D eigenvalue weighted by Crippen LogP contribution is -2.59. The minimum absolute atomic E-state index is 0.396. The summed E-state index contributed by atoms with van der Waals surface area (Å²) in [4.78, 5) is 0. The highest BCUT2D eigenvalue weighted by molar-refractivity contribution is 4.83. The summed E-state index contributed by atoms with van der Waals surface area (Å²) in [7, 11) is 0. The van der Waals surface area contributed by atoms with Gasteiger partial charge in [0.05, 0.1) is 11.6 Å². The van der Waals surface area contributed by atoms with Crippen LogP contribution in [-0.4, -0.2) is 16.7 Å². The monoisotopic (exact) mass is 116 g/mol. The Bertz CT molecular complexity index is 90.5. The fourth-order valence-corrected chi connectivity index (χ4v) is 1.34. The maximum atomic E-state index is 9.32. The quantitative estimate of drug-likeness (QED) is 0.441. The minimum Gasteiger partial charge on any atom is -0.390 e. The first-order chi connectivity index (χ1) is 3.60. The lowest BCUT2D eigenvalue weighted by Gasteiger charge is -2.12. The molecule has 1 aliphatic rings. The summed E-state index contributed by atoms with van der Waals surface area (Å²) in [5, 5.41) is 9.32. The second-order valence-corrected chi connectivity index (χ2v) is 3.11. The third-order valence-electron chi connectivity index (χ3n) is 1.82. The highest BCUT2D eigenvalue weighted by Gasteiger charge is 2.32. The van der Waals surface area contributed by atoms with Crippen molar-refractivity contribution in [2.24, 2.45) is 0 Å². The van der Waals surface area contributed by atoms with Crippen molar-refractivity contribution in [2.45, 2.75) is 37.8 Å². The first kappa shape index (κ1) is 6.05. The van der Waals surface area contributed by atoms with Gasteiger partial charge in [-0.2, -0.15) is 0 Å². The van der Waals surface area contributed by atoms with Crippen molar-refractivity contribution in [1.82, 2.24) is 0 Å². The summed E-state index contributed by atoms with van der Waals surface area (Å²) in [6.07, 6.45) is 2.90. The predicted octanol–water partition coefficient (Wildman–Crippen LogP) is -0.468. The summed E-state index contributed by atoms with van der Waals surface area (Å²) in [6, 6.07) is 0.491. The molecular weight excluding hydrogens is 102 g/mol. The molecule has 2 unspecified atom stereocenters. The number of quaternary nitrogens is 1. The van der Waals surface area contributed by atoms with Crippen molar-refractivity contribution in [3.8, 4) is 0 Å². The molecule has 2 heteroatoms. The lowest BCUT2D eigenvalue weighted by molar-refractivity contribution is -0.419. The molecule has 0 aromatic carbocycles. The van der Waals surface area contributed by atoms with Crippen LogP contribution in [0.15, 0.2) is 0 Å². The highest BCUT2D eigenvalue weighted by Crippen LogP contribution is 2.26. The largest absolute Gasteiger partial charge is 0.390 e. The Balaban J connectivity index is 2.44. The molecule has 0 aromatic rings. The molecule has 0 heterocycles. The van der Waals surface area contributed by atoms with Gasteiger partial charge in [-0.1, -0.05) is 0 Å². The van der Waals surface area contributed by atoms with Crippen LogP contribution in [-0.2, 0) is 0 Å². The zero-order valence-electron chi connectivity index (χ0n) is 5.35. The standard InChI is InChI=1S/C6H13NO/c1-6(8)3-2-5(7)4-6/h5,8H,2-4,7H2,1H3/p+1. The Labute approximate surface area is 49.7 Å². The van der Waals surface area contributed by atoms with E-state index in [1.807, 2.05) is 6.92 Å². The number of hydrogen-bond donors (Lipinski definition) is 2. The van der Waals surface area contributed by atoms with E-state index in [0.717, 1.165) is 19.3 Å². The van der Waals surface area contributed by atoms with Gasteiger partial charge in [0.1, 0.15) is 0 Å². The fraction of sp³-hybridized carbons (Fsp3) is 1.00. The van der Waals surface area contributed by atoms with E-state index in [4.69, 9.17) is 0 Å². The van der Waals surface area contributed by atoms with Crippen LogP contribution in [0.4, 0.5) is 0 Å². The molecule has 4 N–H and O–H groups in total. The molecule has 8 heavy (non-hydrogen) atoms. The van der Waals surface area contributed by atoms with Gasteiger partial charge in [0.25, 0.3) is 0 Å². The fourth-order valence-electron chi connectivity index (χ4n) is 1.34. The summed E-state index contributed by atoms with van der Waals surface area (Å²) < 4.78 is 0. The van der Waals surface area contributed by atoms with Crippen LogP contribution in [0.2, 0.25) is 0 Å². The Hall–Kier alpha value is -0.0800. The van der Waals surface area contributed by atoms with Crippen molar-refractivity contribution in [3.63, 3.8) is 0 Å². The van der Waals surface area contributed by atoms with Crippen LogP contribution in [0, 0.1) is 0 Å². The van der Waals surface area contributed by atoms with E-state index in [0.29, 0.717) is 6.04 Å². The zero-order valence-corrected chi connectivity index (χ0v) is 5.35. The minimum atomic E-state index is -0.396. The molecule has 1 saturated carbocycles. The molecule has 1 fully saturated rings. The van der Waals surface area contributed by atoms with Crippen LogP contribution in [0.1, 0.15) is 26.2 Å². The number of rotatable bonds is 0. The average Bonchev–Trinajstić information content (AvgIpc) is 1.82. The molecule has 1 aliphatic carbocycles. The van der Waals surface area contributed by atoms with Crippen LogP contribution in [0.5, 0.6) is 0 Å². The molecule has 48 valence electrons. The molecule has 0 aliphatic heterocycles. The third-order valence-corrected chi connectivity index (χ3v) is 1.82. The van der Waals surface area contributed by atoms with Gasteiger partial charge < -0.3 is 10.8 Å². The van der Waals surface area contributed by atoms with Crippen molar-refractivity contribution >= 4 is 0 Å². The van der Waals surface area contributed by atoms with E-state index in [1.54, 1.807) is 0 Å². The molecule has 0 amide bonds. The van der Waals surface area contributed by atoms with Gasteiger partial charge >= 0.3 is 0 Å². The molecule has 0 spiro atoms. The summed E-state index contributed by atoms with van der Waals surface area (Å²) >= 11 is 0. The van der Waals surface area contributed by atoms with Crippen LogP contribution >= 0.6 is 0 Å². The van der Waals surface area contributed by atoms with Crippen LogP contribution in [0.25, 0.3) is 0 Å². The zero-order chi connectivity index (χ0) is 6.20. The van der Waals surface area contributed by atoms with E-state index in [1.165, 1.54) is 0 Å². The Morgan fingerprint density at radius 1 is 1.75 bits per heavy atom. The number of aliphatic hydroxyl groups is 1. The first-order valence-electron chi connectivity index (χ1n) is 3.16. The van der Waals surface area contributed by atoms with Gasteiger partial charge in [-0.05, 0) is 13.3 Å². The summed E-state index contributed by atoms with van der Waals surface area (Å²) in [6.45, 7) is 1.89. The van der Waals surface area contributed by atoms with Gasteiger partial charge in [-0.3, -0.25) is 0 Å². The van der Waals surface area contributed by atoms with Crippen molar-refractivity contribution < 1.29 is 10.8 Å². The molecule has 0 saturated heterocycles. The SMILES string of the molecule is CC1(O)CCC([NH3+])C1. The lowest BCUT2D eigenvalue weighted by atomic mass is 10.1. The maximum absolute atomic E-state index is 9.32. The maximum Gasteiger partial charge on any atom is 0.0872 e. The van der Waals surface area contributed by atoms with Crippen molar-refractivity contribution in [1.29, 1.82) is 0 Å². The molecule has 1 rings (SSSR count). The topological polar surface area (TPSA) is 47.9 Å². The third kappa shape index (κ3) is 1.20. The second kappa shape index (κ2) is 1.71. The van der Waals surface area contributed by atoms with Crippen molar-refractivity contribution in [3.05, 3.63) is 0 Å². The van der Waals surface area contributed by atoms with E-state index in [9.17, 15) is 5.11 Å². The smallest absolute Gasteiger partial charge is 0.0872 e. The molecule has 0 radical (unpaired) electrons. The molecule has 2 nitrogen and oxygen atoms in total. The van der Waals surface area contributed by atoms with Crippen molar-refractivity contribution in [2.75, 3.05) is 0 Å². The van der Waals surface area contributed by atoms with E-state index < -0.39 is 5.60 Å². The van der Waals surface area contributed by atoms with Crippen LogP contribution in [0.3, 0.4) is 0 Å². The van der Waals surface area contributed by atoms with E-state index in [-0.39, 0.29) is 0 Å². The molecule has 0 bridgehead atoms. The summed E-state index contributed by atoms with van der Waals surface area (Å²) in [5.74, 6) is 0. The summed E-state index contributed by atoms with van der Waals surface area (Å²) in [5.41, 5.74) is 3.48.